The van der Waals surface area contributed by atoms with Gasteiger partial charge in [0.1, 0.15) is 0 Å². The van der Waals surface area contributed by atoms with Crippen LogP contribution in [-0.2, 0) is 5.41 Å². The summed E-state index contributed by atoms with van der Waals surface area (Å²) >= 11 is 1.86. The van der Waals surface area contributed by atoms with Gasteiger partial charge in [0.2, 0.25) is 0 Å². The van der Waals surface area contributed by atoms with E-state index in [1.54, 1.807) is 0 Å². The van der Waals surface area contributed by atoms with Gasteiger partial charge in [0.15, 0.2) is 0 Å². The van der Waals surface area contributed by atoms with Gasteiger partial charge in [-0.3, -0.25) is 0 Å². The number of thiophene rings is 1. The topological polar surface area (TPSA) is 3.24 Å². The zero-order valence-electron chi connectivity index (χ0n) is 28.6. The summed E-state index contributed by atoms with van der Waals surface area (Å²) in [5, 5.41) is 5.11. The van der Waals surface area contributed by atoms with Gasteiger partial charge in [-0.05, 0) is 98.2 Å². The molecule has 2 heteroatoms. The van der Waals surface area contributed by atoms with Gasteiger partial charge < -0.3 is 4.90 Å². The predicted molar refractivity (Wildman–Crippen MR) is 220 cm³/mol. The van der Waals surface area contributed by atoms with E-state index in [0.717, 1.165) is 17.1 Å². The molecule has 0 spiro atoms. The summed E-state index contributed by atoms with van der Waals surface area (Å²) in [7, 11) is 0. The highest BCUT2D eigenvalue weighted by Gasteiger charge is 2.37. The molecule has 1 aliphatic carbocycles. The van der Waals surface area contributed by atoms with E-state index in [-0.39, 0.29) is 5.41 Å². The number of benzene rings is 8. The van der Waals surface area contributed by atoms with Crippen LogP contribution in [0.3, 0.4) is 0 Å². The van der Waals surface area contributed by atoms with Crippen molar-refractivity contribution in [2.45, 2.75) is 19.3 Å². The Kier molecular flexibility index (Phi) is 6.78. The molecular formula is C49H35NS. The lowest BCUT2D eigenvalue weighted by Crippen LogP contribution is -2.14. The zero-order chi connectivity index (χ0) is 34.1. The summed E-state index contributed by atoms with van der Waals surface area (Å²) in [6, 6.07) is 64.9. The maximum Gasteiger partial charge on any atom is 0.0540 e. The number of fused-ring (bicyclic) bond motifs is 7. The standard InChI is InChI=1S/C49H35NS/c1-49(2)43-18-8-5-16-41(43)48-40(17-11-19-44(48)49)38-14-6-9-20-45(38)50(37-28-24-32-12-3-4-13-34(32)30-37)36-26-22-33(23-27-36)35-25-29-47-42(31-35)39-15-7-10-21-46(39)51-47/h3-31H,1-2H3. The Balaban J connectivity index is 1.15. The average Bonchev–Trinajstić information content (AvgIpc) is 3.67. The second-order valence-electron chi connectivity index (χ2n) is 14.1. The van der Waals surface area contributed by atoms with Crippen molar-refractivity contribution in [1.29, 1.82) is 0 Å². The Morgan fingerprint density at radius 2 is 1.08 bits per heavy atom. The molecule has 1 heterocycles. The Morgan fingerprint density at radius 3 is 1.96 bits per heavy atom. The number of hydrogen-bond donors (Lipinski definition) is 0. The van der Waals surface area contributed by atoms with E-state index in [2.05, 4.69) is 195 Å². The number of anilines is 3. The Labute approximate surface area is 302 Å². The molecule has 0 saturated carbocycles. The number of nitrogens with zero attached hydrogens (tertiary/aromatic N) is 1. The van der Waals surface area contributed by atoms with Crippen LogP contribution in [0.2, 0.25) is 0 Å². The van der Waals surface area contributed by atoms with Crippen LogP contribution >= 0.6 is 11.3 Å². The minimum absolute atomic E-state index is 0.0664. The van der Waals surface area contributed by atoms with Gasteiger partial charge >= 0.3 is 0 Å². The molecule has 51 heavy (non-hydrogen) atoms. The summed E-state index contributed by atoms with van der Waals surface area (Å²) in [4.78, 5) is 2.44. The quantitative estimate of drug-likeness (QED) is 0.176. The highest BCUT2D eigenvalue weighted by atomic mass is 32.1. The average molecular weight is 670 g/mol. The van der Waals surface area contributed by atoms with Crippen LogP contribution in [-0.4, -0.2) is 0 Å². The molecule has 10 rings (SSSR count). The van der Waals surface area contributed by atoms with Crippen molar-refractivity contribution in [3.8, 4) is 33.4 Å². The fourth-order valence-electron chi connectivity index (χ4n) is 8.33. The molecule has 0 amide bonds. The zero-order valence-corrected chi connectivity index (χ0v) is 29.4. The summed E-state index contributed by atoms with van der Waals surface area (Å²) < 4.78 is 2.66. The highest BCUT2D eigenvalue weighted by Crippen LogP contribution is 2.53. The van der Waals surface area contributed by atoms with Crippen molar-refractivity contribution >= 4 is 59.3 Å². The summed E-state index contributed by atoms with van der Waals surface area (Å²) in [6.45, 7) is 4.71. The first-order chi connectivity index (χ1) is 25.0. The Bertz CT molecular complexity index is 2780. The maximum atomic E-state index is 2.44. The predicted octanol–water partition coefficient (Wildman–Crippen LogP) is 14.3. The molecule has 0 radical (unpaired) electrons. The first-order valence-corrected chi connectivity index (χ1v) is 18.5. The molecule has 0 atom stereocenters. The molecule has 0 bridgehead atoms. The molecule has 1 aromatic heterocycles. The van der Waals surface area contributed by atoms with Crippen LogP contribution in [0.1, 0.15) is 25.0 Å². The Morgan fingerprint density at radius 1 is 0.431 bits per heavy atom. The molecule has 0 N–H and O–H groups in total. The summed E-state index contributed by atoms with van der Waals surface area (Å²) in [5.41, 5.74) is 13.7. The van der Waals surface area contributed by atoms with E-state index >= 15 is 0 Å². The van der Waals surface area contributed by atoms with Gasteiger partial charge in [-0.15, -0.1) is 11.3 Å². The van der Waals surface area contributed by atoms with Crippen LogP contribution in [0, 0.1) is 0 Å². The van der Waals surface area contributed by atoms with Crippen LogP contribution in [0.15, 0.2) is 176 Å². The van der Waals surface area contributed by atoms with Crippen molar-refractivity contribution in [3.05, 3.63) is 187 Å². The fourth-order valence-corrected chi connectivity index (χ4v) is 9.41. The molecule has 0 saturated heterocycles. The SMILES string of the molecule is CC1(C)c2ccccc2-c2c(-c3ccccc3N(c3ccc(-c4ccc5sc6ccccc6c5c4)cc3)c3ccc4ccccc4c3)cccc21. The van der Waals surface area contributed by atoms with Gasteiger partial charge in [0.25, 0.3) is 0 Å². The third kappa shape index (κ3) is 4.75. The molecule has 8 aromatic carbocycles. The number of rotatable bonds is 5. The molecule has 242 valence electrons. The van der Waals surface area contributed by atoms with Crippen LogP contribution in [0.25, 0.3) is 64.3 Å². The first kappa shape index (κ1) is 29.9. The molecular weight excluding hydrogens is 635 g/mol. The lowest BCUT2D eigenvalue weighted by molar-refractivity contribution is 0.660. The molecule has 9 aromatic rings. The summed E-state index contributed by atoms with van der Waals surface area (Å²) in [6.07, 6.45) is 0. The van der Waals surface area contributed by atoms with Gasteiger partial charge in [-0.2, -0.15) is 0 Å². The van der Waals surface area contributed by atoms with E-state index in [9.17, 15) is 0 Å². The smallest absolute Gasteiger partial charge is 0.0540 e. The molecule has 0 fully saturated rings. The minimum atomic E-state index is -0.0664. The largest absolute Gasteiger partial charge is 0.310 e. The monoisotopic (exact) mass is 669 g/mol. The van der Waals surface area contributed by atoms with E-state index in [1.807, 2.05) is 11.3 Å². The van der Waals surface area contributed by atoms with Crippen LogP contribution in [0.5, 0.6) is 0 Å². The maximum absolute atomic E-state index is 2.44. The van der Waals surface area contributed by atoms with Crippen LogP contribution in [0.4, 0.5) is 17.1 Å². The third-order valence-corrected chi connectivity index (χ3v) is 12.0. The van der Waals surface area contributed by atoms with Crippen molar-refractivity contribution in [2.24, 2.45) is 0 Å². The lowest BCUT2D eigenvalue weighted by Gasteiger charge is -2.29. The van der Waals surface area contributed by atoms with E-state index in [0.29, 0.717) is 0 Å². The molecule has 1 nitrogen and oxygen atoms in total. The van der Waals surface area contributed by atoms with Crippen molar-refractivity contribution in [3.63, 3.8) is 0 Å². The molecule has 1 aliphatic rings. The van der Waals surface area contributed by atoms with Gasteiger partial charge in [0.05, 0.1) is 5.69 Å². The van der Waals surface area contributed by atoms with Gasteiger partial charge in [0, 0.05) is 42.5 Å². The normalized spacial score (nSPS) is 13.1. The second kappa shape index (κ2) is 11.6. The summed E-state index contributed by atoms with van der Waals surface area (Å²) in [5.74, 6) is 0. The number of hydrogen-bond acceptors (Lipinski definition) is 2. The lowest BCUT2D eigenvalue weighted by atomic mass is 9.82. The van der Waals surface area contributed by atoms with Crippen molar-refractivity contribution < 1.29 is 0 Å². The minimum Gasteiger partial charge on any atom is -0.310 e. The third-order valence-electron chi connectivity index (χ3n) is 10.9. The first-order valence-electron chi connectivity index (χ1n) is 17.7. The number of para-hydroxylation sites is 1. The Hall–Kier alpha value is -5.96. The fraction of sp³-hybridized carbons (Fsp3) is 0.0612. The van der Waals surface area contributed by atoms with Gasteiger partial charge in [-0.25, -0.2) is 0 Å². The van der Waals surface area contributed by atoms with E-state index in [4.69, 9.17) is 0 Å². The van der Waals surface area contributed by atoms with E-state index in [1.165, 1.54) is 75.5 Å². The van der Waals surface area contributed by atoms with Crippen molar-refractivity contribution in [1.82, 2.24) is 0 Å². The van der Waals surface area contributed by atoms with Gasteiger partial charge in [-0.1, -0.05) is 141 Å². The molecule has 0 aliphatic heterocycles. The second-order valence-corrected chi connectivity index (χ2v) is 15.2. The highest BCUT2D eigenvalue weighted by molar-refractivity contribution is 7.25. The van der Waals surface area contributed by atoms with Crippen molar-refractivity contribution in [2.75, 3.05) is 4.90 Å². The molecule has 0 unspecified atom stereocenters. The van der Waals surface area contributed by atoms with Crippen LogP contribution < -0.4 is 4.90 Å². The van der Waals surface area contributed by atoms with E-state index < -0.39 is 0 Å².